The summed E-state index contributed by atoms with van der Waals surface area (Å²) in [7, 11) is -3.38. The highest BCUT2D eigenvalue weighted by molar-refractivity contribution is 7.87. The summed E-state index contributed by atoms with van der Waals surface area (Å²) >= 11 is 4.79. The van der Waals surface area contributed by atoms with Crippen molar-refractivity contribution in [2.45, 2.75) is 39.2 Å². The molecule has 1 saturated carbocycles. The zero-order valence-electron chi connectivity index (χ0n) is 10.3. The maximum absolute atomic E-state index is 12.1. The van der Waals surface area contributed by atoms with Crippen molar-refractivity contribution in [3.05, 3.63) is 0 Å². The Balaban J connectivity index is 2.61. The molecule has 1 aliphatic carbocycles. The first-order valence-corrected chi connectivity index (χ1v) is 7.72. The molecule has 0 aromatic heterocycles. The summed E-state index contributed by atoms with van der Waals surface area (Å²) < 4.78 is 28.2. The lowest BCUT2D eigenvalue weighted by atomic mass is 10.2. The Kier molecular flexibility index (Phi) is 5.30. The van der Waals surface area contributed by atoms with E-state index in [0.717, 1.165) is 12.8 Å². The number of hydrogen-bond acceptors (Lipinski definition) is 3. The zero-order chi connectivity index (χ0) is 13.1. The molecule has 0 amide bonds. The number of thiocarbonyl (C=S) groups is 1. The molecule has 0 heterocycles. The molecule has 3 N–H and O–H groups in total. The van der Waals surface area contributed by atoms with Crippen LogP contribution in [0.1, 0.15) is 33.1 Å². The molecule has 0 spiro atoms. The summed E-state index contributed by atoms with van der Waals surface area (Å²) in [5, 5.41) is 0. The van der Waals surface area contributed by atoms with Gasteiger partial charge < -0.3 is 5.73 Å². The van der Waals surface area contributed by atoms with Crippen LogP contribution in [0.3, 0.4) is 0 Å². The summed E-state index contributed by atoms with van der Waals surface area (Å²) in [5.74, 6) is 0.275. The quantitative estimate of drug-likeness (QED) is 0.639. The van der Waals surface area contributed by atoms with Gasteiger partial charge in [-0.25, -0.2) is 0 Å². The Labute approximate surface area is 109 Å². The number of hydrogen-bond donors (Lipinski definition) is 2. The molecule has 7 heteroatoms. The molecule has 1 fully saturated rings. The van der Waals surface area contributed by atoms with Crippen LogP contribution in [0, 0.1) is 5.92 Å². The molecule has 0 saturated heterocycles. The summed E-state index contributed by atoms with van der Waals surface area (Å²) in [6.07, 6.45) is 2.29. The molecular weight excluding hydrogens is 258 g/mol. The van der Waals surface area contributed by atoms with Crippen LogP contribution in [0.15, 0.2) is 0 Å². The van der Waals surface area contributed by atoms with Gasteiger partial charge in [0.1, 0.15) is 0 Å². The van der Waals surface area contributed by atoms with Gasteiger partial charge in [-0.15, -0.1) is 0 Å². The second kappa shape index (κ2) is 6.08. The maximum Gasteiger partial charge on any atom is 0.279 e. The van der Waals surface area contributed by atoms with Crippen molar-refractivity contribution in [3.8, 4) is 0 Å². The van der Waals surface area contributed by atoms with Gasteiger partial charge in [0.25, 0.3) is 10.2 Å². The van der Waals surface area contributed by atoms with Crippen LogP contribution in [-0.2, 0) is 10.2 Å². The van der Waals surface area contributed by atoms with Crippen molar-refractivity contribution in [1.29, 1.82) is 0 Å². The average molecular weight is 279 g/mol. The minimum atomic E-state index is -3.38. The summed E-state index contributed by atoms with van der Waals surface area (Å²) in [5.41, 5.74) is 5.42. The first kappa shape index (κ1) is 14.8. The molecule has 0 aliphatic heterocycles. The third-order valence-electron chi connectivity index (χ3n) is 2.41. The lowest BCUT2D eigenvalue weighted by Gasteiger charge is -2.23. The van der Waals surface area contributed by atoms with Crippen molar-refractivity contribution in [1.82, 2.24) is 9.03 Å². The van der Waals surface area contributed by atoms with Gasteiger partial charge in [-0.2, -0.15) is 17.4 Å². The van der Waals surface area contributed by atoms with Crippen LogP contribution < -0.4 is 10.5 Å². The van der Waals surface area contributed by atoms with Gasteiger partial charge in [-0.3, -0.25) is 0 Å². The Morgan fingerprint density at radius 3 is 2.53 bits per heavy atom. The summed E-state index contributed by atoms with van der Waals surface area (Å²) in [6.45, 7) is 4.82. The summed E-state index contributed by atoms with van der Waals surface area (Å²) in [6, 6.07) is 0.125. The first-order valence-electron chi connectivity index (χ1n) is 5.87. The largest absolute Gasteiger partial charge is 0.393 e. The Morgan fingerprint density at radius 2 is 2.12 bits per heavy atom. The lowest BCUT2D eigenvalue weighted by molar-refractivity contribution is 0.368. The molecule has 17 heavy (non-hydrogen) atoms. The van der Waals surface area contributed by atoms with Crippen molar-refractivity contribution < 1.29 is 8.42 Å². The van der Waals surface area contributed by atoms with E-state index in [-0.39, 0.29) is 12.0 Å². The maximum atomic E-state index is 12.1. The van der Waals surface area contributed by atoms with E-state index in [0.29, 0.717) is 24.5 Å². The average Bonchev–Trinajstić information content (AvgIpc) is 2.94. The van der Waals surface area contributed by atoms with E-state index in [9.17, 15) is 8.42 Å². The number of nitrogens with zero attached hydrogens (tertiary/aromatic N) is 1. The molecule has 1 aliphatic rings. The third kappa shape index (κ3) is 5.76. The molecule has 0 aromatic carbocycles. The van der Waals surface area contributed by atoms with Crippen molar-refractivity contribution in [2.24, 2.45) is 11.7 Å². The second-order valence-electron chi connectivity index (χ2n) is 4.87. The predicted octanol–water partition coefficient (Wildman–Crippen LogP) is 0.617. The Bertz CT molecular complexity index is 364. The van der Waals surface area contributed by atoms with E-state index in [1.807, 2.05) is 13.8 Å². The van der Waals surface area contributed by atoms with Crippen molar-refractivity contribution in [3.63, 3.8) is 0 Å². The minimum absolute atomic E-state index is 0.125. The van der Waals surface area contributed by atoms with E-state index in [4.69, 9.17) is 18.0 Å². The standard InChI is InChI=1S/C10H21N3O2S2/c1-8(2)7-13(6-5-10(11)16)17(14,15)12-9-3-4-9/h8-9,12H,3-7H2,1-2H3,(H2,11,16). The van der Waals surface area contributed by atoms with Gasteiger partial charge in [0, 0.05) is 25.6 Å². The molecular formula is C10H21N3O2S2. The van der Waals surface area contributed by atoms with Gasteiger partial charge in [0.15, 0.2) is 0 Å². The number of rotatable bonds is 8. The fourth-order valence-electron chi connectivity index (χ4n) is 1.44. The van der Waals surface area contributed by atoms with Gasteiger partial charge in [0.2, 0.25) is 0 Å². The number of nitrogens with one attached hydrogen (secondary N) is 1. The molecule has 100 valence electrons. The Hall–Kier alpha value is -0.240. The highest BCUT2D eigenvalue weighted by Crippen LogP contribution is 2.21. The second-order valence-corrected chi connectivity index (χ2v) is 7.09. The normalized spacial score (nSPS) is 16.7. The molecule has 5 nitrogen and oxygen atoms in total. The lowest BCUT2D eigenvalue weighted by Crippen LogP contribution is -2.44. The first-order chi connectivity index (χ1) is 7.81. The monoisotopic (exact) mass is 279 g/mol. The van der Waals surface area contributed by atoms with E-state index in [1.54, 1.807) is 0 Å². The fourth-order valence-corrected chi connectivity index (χ4v) is 3.16. The van der Waals surface area contributed by atoms with Crippen LogP contribution in [-0.4, -0.2) is 36.8 Å². The van der Waals surface area contributed by atoms with Crippen molar-refractivity contribution >= 4 is 27.4 Å². The van der Waals surface area contributed by atoms with Crippen LogP contribution in [0.4, 0.5) is 0 Å². The fraction of sp³-hybridized carbons (Fsp3) is 0.900. The summed E-state index contributed by atoms with van der Waals surface area (Å²) in [4.78, 5) is 0.348. The van der Waals surface area contributed by atoms with Gasteiger partial charge >= 0.3 is 0 Å². The van der Waals surface area contributed by atoms with E-state index < -0.39 is 10.2 Å². The zero-order valence-corrected chi connectivity index (χ0v) is 12.0. The van der Waals surface area contributed by atoms with Gasteiger partial charge in [-0.05, 0) is 18.8 Å². The van der Waals surface area contributed by atoms with E-state index >= 15 is 0 Å². The van der Waals surface area contributed by atoms with Gasteiger partial charge in [-0.1, -0.05) is 26.1 Å². The van der Waals surface area contributed by atoms with Crippen molar-refractivity contribution in [2.75, 3.05) is 13.1 Å². The third-order valence-corrected chi connectivity index (χ3v) is 4.26. The molecule has 0 radical (unpaired) electrons. The highest BCUT2D eigenvalue weighted by Gasteiger charge is 2.31. The SMILES string of the molecule is CC(C)CN(CCC(N)=S)S(=O)(=O)NC1CC1. The smallest absolute Gasteiger partial charge is 0.279 e. The van der Waals surface area contributed by atoms with E-state index in [1.165, 1.54) is 4.31 Å². The van der Waals surface area contributed by atoms with Crippen LogP contribution in [0.25, 0.3) is 0 Å². The Morgan fingerprint density at radius 1 is 1.53 bits per heavy atom. The van der Waals surface area contributed by atoms with Crippen LogP contribution >= 0.6 is 12.2 Å². The molecule has 0 unspecified atom stereocenters. The molecule has 0 bridgehead atoms. The highest BCUT2D eigenvalue weighted by atomic mass is 32.2. The van der Waals surface area contributed by atoms with Crippen LogP contribution in [0.2, 0.25) is 0 Å². The number of nitrogens with two attached hydrogens (primary N) is 1. The molecule has 0 aromatic rings. The molecule has 1 rings (SSSR count). The topological polar surface area (TPSA) is 75.4 Å². The van der Waals surface area contributed by atoms with Gasteiger partial charge in [0.05, 0.1) is 4.99 Å². The van der Waals surface area contributed by atoms with Crippen LogP contribution in [0.5, 0.6) is 0 Å². The van der Waals surface area contributed by atoms with E-state index in [2.05, 4.69) is 4.72 Å². The minimum Gasteiger partial charge on any atom is -0.393 e. The molecule has 0 atom stereocenters. The predicted molar refractivity (Wildman–Crippen MR) is 72.9 cm³/mol.